The highest BCUT2D eigenvalue weighted by atomic mass is 32.2. The summed E-state index contributed by atoms with van der Waals surface area (Å²) in [5.41, 5.74) is 0.988. The van der Waals surface area contributed by atoms with Gasteiger partial charge >= 0.3 is 0 Å². The van der Waals surface area contributed by atoms with E-state index in [1.807, 2.05) is 12.1 Å². The Balaban J connectivity index is 1.85. The molecule has 0 aromatic carbocycles. The molecule has 0 saturated carbocycles. The van der Waals surface area contributed by atoms with Gasteiger partial charge in [-0.25, -0.2) is 0 Å². The Hall–Kier alpha value is -1.89. The number of hydrogen-bond acceptors (Lipinski definition) is 5. The molecule has 116 valence electrons. The summed E-state index contributed by atoms with van der Waals surface area (Å²) in [4.78, 5) is 16.1. The zero-order valence-corrected chi connectivity index (χ0v) is 13.3. The average molecular weight is 317 g/mol. The topological polar surface area (TPSA) is 72.7 Å². The van der Waals surface area contributed by atoms with Crippen molar-refractivity contribution in [3.05, 3.63) is 24.5 Å². The number of thioether (sulfide) groups is 1. The first kappa shape index (κ1) is 15.0. The van der Waals surface area contributed by atoms with Crippen molar-refractivity contribution in [2.75, 3.05) is 6.54 Å². The van der Waals surface area contributed by atoms with Crippen molar-refractivity contribution in [1.29, 1.82) is 0 Å². The molecule has 1 N–H and O–H groups in total. The minimum Gasteiger partial charge on any atom is -0.355 e. The van der Waals surface area contributed by atoms with Gasteiger partial charge in [0.05, 0.1) is 5.25 Å². The number of amides is 1. The van der Waals surface area contributed by atoms with Crippen LogP contribution in [0.2, 0.25) is 0 Å². The van der Waals surface area contributed by atoms with Crippen LogP contribution in [0.3, 0.4) is 0 Å². The normalized spacial score (nSPS) is 18.8. The second-order valence-electron chi connectivity index (χ2n) is 5.18. The number of rotatable bonds is 4. The van der Waals surface area contributed by atoms with E-state index >= 15 is 0 Å². The Bertz CT molecular complexity index is 643. The predicted octanol–water partition coefficient (Wildman–Crippen LogP) is 2.12. The van der Waals surface area contributed by atoms with Crippen LogP contribution < -0.4 is 5.32 Å². The third-order valence-electron chi connectivity index (χ3n) is 3.70. The lowest BCUT2D eigenvalue weighted by Gasteiger charge is -2.13. The Morgan fingerprint density at radius 2 is 2.14 bits per heavy atom. The van der Waals surface area contributed by atoms with Crippen LogP contribution in [-0.2, 0) is 11.3 Å². The predicted molar refractivity (Wildman–Crippen MR) is 85.4 cm³/mol. The Labute approximate surface area is 133 Å². The first-order chi connectivity index (χ1) is 10.8. The molecule has 0 radical (unpaired) electrons. The summed E-state index contributed by atoms with van der Waals surface area (Å²) >= 11 is 1.51. The fraction of sp³-hybridized carbons (Fsp3) is 0.467. The second kappa shape index (κ2) is 6.91. The van der Waals surface area contributed by atoms with Gasteiger partial charge in [-0.3, -0.25) is 9.78 Å². The van der Waals surface area contributed by atoms with Crippen molar-refractivity contribution in [3.8, 4) is 11.4 Å². The van der Waals surface area contributed by atoms with E-state index in [9.17, 15) is 4.79 Å². The lowest BCUT2D eigenvalue weighted by atomic mass is 10.2. The van der Waals surface area contributed by atoms with Gasteiger partial charge in [0.1, 0.15) is 0 Å². The van der Waals surface area contributed by atoms with E-state index in [2.05, 4.69) is 32.0 Å². The van der Waals surface area contributed by atoms with E-state index in [-0.39, 0.29) is 11.2 Å². The van der Waals surface area contributed by atoms with Gasteiger partial charge in [-0.05, 0) is 31.9 Å². The third kappa shape index (κ3) is 3.14. The molecule has 7 heteroatoms. The maximum absolute atomic E-state index is 12.1. The highest BCUT2D eigenvalue weighted by molar-refractivity contribution is 8.00. The van der Waals surface area contributed by atoms with Crippen LogP contribution in [0.25, 0.3) is 11.4 Å². The molecule has 0 bridgehead atoms. The minimum atomic E-state index is -0.0812. The maximum Gasteiger partial charge on any atom is 0.233 e. The standard InChI is InChI=1S/C15H19N5OS/c1-2-20-13(11-6-9-16-10-7-11)18-19-15(20)22-12-5-3-4-8-17-14(12)21/h6-7,9-10,12H,2-5,8H2,1H3,(H,17,21). The SMILES string of the molecule is CCn1c(SC2CCCCNC2=O)nnc1-c1ccncc1. The van der Waals surface area contributed by atoms with Crippen molar-refractivity contribution in [2.24, 2.45) is 0 Å². The zero-order chi connectivity index (χ0) is 15.4. The molecule has 1 amide bonds. The molecule has 0 spiro atoms. The van der Waals surface area contributed by atoms with Gasteiger partial charge < -0.3 is 9.88 Å². The molecule has 1 aliphatic heterocycles. The average Bonchev–Trinajstić information content (AvgIpc) is 2.85. The van der Waals surface area contributed by atoms with Gasteiger partial charge in [0.15, 0.2) is 11.0 Å². The smallest absolute Gasteiger partial charge is 0.233 e. The van der Waals surface area contributed by atoms with Crippen LogP contribution >= 0.6 is 11.8 Å². The maximum atomic E-state index is 12.1. The highest BCUT2D eigenvalue weighted by Gasteiger charge is 2.25. The summed E-state index contributed by atoms with van der Waals surface area (Å²) in [5, 5.41) is 12.3. The van der Waals surface area contributed by atoms with Gasteiger partial charge in [-0.2, -0.15) is 0 Å². The molecule has 1 saturated heterocycles. The monoisotopic (exact) mass is 317 g/mol. The molecule has 2 aromatic rings. The number of carbonyl (C=O) groups is 1. The molecular formula is C15H19N5OS. The first-order valence-corrected chi connectivity index (χ1v) is 8.45. The van der Waals surface area contributed by atoms with E-state index in [0.717, 1.165) is 48.9 Å². The largest absolute Gasteiger partial charge is 0.355 e. The molecule has 1 aliphatic rings. The fourth-order valence-corrected chi connectivity index (χ4v) is 3.69. The third-order valence-corrected chi connectivity index (χ3v) is 4.95. The second-order valence-corrected chi connectivity index (χ2v) is 6.35. The summed E-state index contributed by atoms with van der Waals surface area (Å²) in [5.74, 6) is 0.931. The highest BCUT2D eigenvalue weighted by Crippen LogP contribution is 2.29. The van der Waals surface area contributed by atoms with Crippen molar-refractivity contribution in [1.82, 2.24) is 25.1 Å². The van der Waals surface area contributed by atoms with Crippen LogP contribution in [-0.4, -0.2) is 37.5 Å². The molecule has 3 heterocycles. The minimum absolute atomic E-state index is 0.0812. The molecule has 1 atom stereocenters. The molecule has 6 nitrogen and oxygen atoms in total. The molecule has 2 aromatic heterocycles. The fourth-order valence-electron chi connectivity index (χ4n) is 2.53. The van der Waals surface area contributed by atoms with E-state index in [0.29, 0.717) is 0 Å². The molecule has 22 heavy (non-hydrogen) atoms. The van der Waals surface area contributed by atoms with E-state index in [1.54, 1.807) is 12.4 Å². The summed E-state index contributed by atoms with van der Waals surface area (Å²) in [7, 11) is 0. The van der Waals surface area contributed by atoms with Crippen molar-refractivity contribution >= 4 is 17.7 Å². The van der Waals surface area contributed by atoms with Gasteiger partial charge in [0, 0.05) is 31.0 Å². The zero-order valence-electron chi connectivity index (χ0n) is 12.5. The summed E-state index contributed by atoms with van der Waals surface area (Å²) < 4.78 is 2.05. The van der Waals surface area contributed by atoms with Crippen molar-refractivity contribution in [2.45, 2.75) is 43.1 Å². The lowest BCUT2D eigenvalue weighted by Crippen LogP contribution is -2.30. The lowest BCUT2D eigenvalue weighted by molar-refractivity contribution is -0.120. The van der Waals surface area contributed by atoms with Crippen LogP contribution in [0.4, 0.5) is 0 Å². The summed E-state index contributed by atoms with van der Waals surface area (Å²) in [6.07, 6.45) is 6.49. The summed E-state index contributed by atoms with van der Waals surface area (Å²) in [6, 6.07) is 3.84. The quantitative estimate of drug-likeness (QED) is 0.935. The molecule has 0 aliphatic carbocycles. The van der Waals surface area contributed by atoms with Crippen LogP contribution in [0.15, 0.2) is 29.7 Å². The number of nitrogens with zero attached hydrogens (tertiary/aromatic N) is 4. The Morgan fingerprint density at radius 3 is 2.91 bits per heavy atom. The number of nitrogens with one attached hydrogen (secondary N) is 1. The molecule has 1 fully saturated rings. The van der Waals surface area contributed by atoms with Crippen molar-refractivity contribution in [3.63, 3.8) is 0 Å². The van der Waals surface area contributed by atoms with Crippen LogP contribution in [0, 0.1) is 0 Å². The van der Waals surface area contributed by atoms with E-state index < -0.39 is 0 Å². The van der Waals surface area contributed by atoms with Gasteiger partial charge in [0.25, 0.3) is 0 Å². The van der Waals surface area contributed by atoms with Gasteiger partial charge in [0.2, 0.25) is 5.91 Å². The van der Waals surface area contributed by atoms with E-state index in [1.165, 1.54) is 11.8 Å². The van der Waals surface area contributed by atoms with E-state index in [4.69, 9.17) is 0 Å². The number of carbonyl (C=O) groups excluding carboxylic acids is 1. The number of pyridine rings is 1. The number of hydrogen-bond donors (Lipinski definition) is 1. The van der Waals surface area contributed by atoms with Crippen molar-refractivity contribution < 1.29 is 4.79 Å². The van der Waals surface area contributed by atoms with Crippen LogP contribution in [0.1, 0.15) is 26.2 Å². The Kier molecular flexibility index (Phi) is 4.72. The van der Waals surface area contributed by atoms with Gasteiger partial charge in [-0.1, -0.05) is 18.2 Å². The Morgan fingerprint density at radius 1 is 1.32 bits per heavy atom. The molecular weight excluding hydrogens is 298 g/mol. The molecule has 3 rings (SSSR count). The number of aromatic nitrogens is 4. The summed E-state index contributed by atoms with van der Waals surface area (Å²) in [6.45, 7) is 3.60. The van der Waals surface area contributed by atoms with Crippen LogP contribution in [0.5, 0.6) is 0 Å². The first-order valence-electron chi connectivity index (χ1n) is 7.57. The molecule has 1 unspecified atom stereocenters. The van der Waals surface area contributed by atoms with Gasteiger partial charge in [-0.15, -0.1) is 10.2 Å².